The first-order valence-corrected chi connectivity index (χ1v) is 8.66. The monoisotopic (exact) mass is 336 g/mol. The van der Waals surface area contributed by atoms with Crippen molar-refractivity contribution in [3.63, 3.8) is 0 Å². The second-order valence-corrected chi connectivity index (χ2v) is 7.12. The van der Waals surface area contributed by atoms with Gasteiger partial charge >= 0.3 is 0 Å². The molecular weight excluding hydrogens is 320 g/mol. The van der Waals surface area contributed by atoms with Crippen LogP contribution in [-0.4, -0.2) is 52.3 Å². The molecule has 2 aromatic rings. The van der Waals surface area contributed by atoms with E-state index in [-0.39, 0.29) is 16.4 Å². The third-order valence-electron chi connectivity index (χ3n) is 3.62. The van der Waals surface area contributed by atoms with Crippen LogP contribution >= 0.6 is 0 Å². The number of anilines is 1. The zero-order valence-electron chi connectivity index (χ0n) is 12.3. The van der Waals surface area contributed by atoms with Crippen molar-refractivity contribution in [1.29, 1.82) is 0 Å². The van der Waals surface area contributed by atoms with Crippen LogP contribution in [0.4, 0.5) is 5.95 Å². The highest BCUT2D eigenvalue weighted by Gasteiger charge is 2.26. The highest BCUT2D eigenvalue weighted by molar-refractivity contribution is 7.89. The van der Waals surface area contributed by atoms with Crippen LogP contribution in [0.15, 0.2) is 29.2 Å². The van der Waals surface area contributed by atoms with E-state index in [1.54, 1.807) is 6.07 Å². The molecule has 2 N–H and O–H groups in total. The number of carbonyl (C=O) groups excluding carboxylic acids is 1. The lowest BCUT2D eigenvalue weighted by Crippen LogP contribution is -2.35. The van der Waals surface area contributed by atoms with Gasteiger partial charge in [-0.05, 0) is 36.3 Å². The number of amides is 1. The summed E-state index contributed by atoms with van der Waals surface area (Å²) in [6.07, 6.45) is 2.76. The maximum atomic E-state index is 12.6. The van der Waals surface area contributed by atoms with E-state index in [1.165, 1.54) is 22.5 Å². The van der Waals surface area contributed by atoms with Crippen LogP contribution in [0.2, 0.25) is 0 Å². The zero-order chi connectivity index (χ0) is 16.3. The molecule has 0 unspecified atom stereocenters. The number of carbonyl (C=O) groups is 1. The van der Waals surface area contributed by atoms with Gasteiger partial charge in [0, 0.05) is 18.7 Å². The Morgan fingerprint density at radius 1 is 1.22 bits per heavy atom. The number of hydrogen-bond donors (Lipinski definition) is 2. The van der Waals surface area contributed by atoms with Crippen molar-refractivity contribution in [2.24, 2.45) is 0 Å². The molecule has 23 heavy (non-hydrogen) atoms. The predicted octanol–water partition coefficient (Wildman–Crippen LogP) is 0.627. The number of H-pyrrole nitrogens is 1. The molecule has 1 fully saturated rings. The number of rotatable bonds is 4. The summed E-state index contributed by atoms with van der Waals surface area (Å²) in [5, 5.41) is 15.2. The van der Waals surface area contributed by atoms with E-state index in [9.17, 15) is 13.2 Å². The molecule has 1 amide bonds. The molecule has 0 saturated carbocycles. The first-order chi connectivity index (χ1) is 11.1. The Morgan fingerprint density at radius 2 is 2.00 bits per heavy atom. The van der Waals surface area contributed by atoms with Gasteiger partial charge in [-0.3, -0.25) is 10.1 Å². The van der Waals surface area contributed by atoms with E-state index < -0.39 is 15.9 Å². The number of tetrazole rings is 1. The number of nitrogens with one attached hydrogen (secondary N) is 2. The molecule has 0 spiro atoms. The molecular formula is C13H16N6O3S. The summed E-state index contributed by atoms with van der Waals surface area (Å²) in [5.74, 6) is -0.471. The number of benzene rings is 1. The lowest BCUT2D eigenvalue weighted by atomic mass is 10.2. The lowest BCUT2D eigenvalue weighted by Gasteiger charge is -2.25. The molecule has 1 aromatic heterocycles. The summed E-state index contributed by atoms with van der Waals surface area (Å²) in [6.45, 7) is 1.03. The maximum Gasteiger partial charge on any atom is 0.270 e. The number of aromatic nitrogens is 4. The Kier molecular flexibility index (Phi) is 4.35. The summed E-state index contributed by atoms with van der Waals surface area (Å²) < 4.78 is 26.7. The summed E-state index contributed by atoms with van der Waals surface area (Å²) in [5.41, 5.74) is 0.216. The van der Waals surface area contributed by atoms with E-state index in [4.69, 9.17) is 0 Å². The van der Waals surface area contributed by atoms with E-state index in [0.29, 0.717) is 13.1 Å². The summed E-state index contributed by atoms with van der Waals surface area (Å²) in [4.78, 5) is 12.2. The smallest absolute Gasteiger partial charge is 0.270 e. The van der Waals surface area contributed by atoms with Crippen LogP contribution < -0.4 is 5.32 Å². The second-order valence-electron chi connectivity index (χ2n) is 5.18. The van der Waals surface area contributed by atoms with E-state index in [0.717, 1.165) is 19.3 Å². The molecule has 1 saturated heterocycles. The standard InChI is InChI=1S/C13H16N6O3S/c20-12(14-13-15-17-18-16-13)10-5-4-6-11(9-10)23(21,22)19-7-2-1-3-8-19/h4-6,9H,1-3,7-8H2,(H2,14,15,16,17,18,20). The van der Waals surface area contributed by atoms with Crippen molar-refractivity contribution in [3.05, 3.63) is 29.8 Å². The Hall–Kier alpha value is -2.33. The third-order valence-corrected chi connectivity index (χ3v) is 5.51. The Balaban J connectivity index is 1.83. The van der Waals surface area contributed by atoms with Crippen LogP contribution in [-0.2, 0) is 10.0 Å². The number of nitrogens with zero attached hydrogens (tertiary/aromatic N) is 4. The number of hydrogen-bond acceptors (Lipinski definition) is 6. The average molecular weight is 336 g/mol. The minimum Gasteiger partial charge on any atom is -0.288 e. The zero-order valence-corrected chi connectivity index (χ0v) is 13.1. The van der Waals surface area contributed by atoms with Crippen LogP contribution in [0.25, 0.3) is 0 Å². The van der Waals surface area contributed by atoms with Crippen LogP contribution in [0.5, 0.6) is 0 Å². The Labute approximate surface area is 133 Å². The molecule has 1 aliphatic rings. The molecule has 122 valence electrons. The highest BCUT2D eigenvalue weighted by Crippen LogP contribution is 2.21. The normalized spacial score (nSPS) is 16.2. The van der Waals surface area contributed by atoms with Gasteiger partial charge in [0.25, 0.3) is 11.9 Å². The first-order valence-electron chi connectivity index (χ1n) is 7.22. The van der Waals surface area contributed by atoms with E-state index in [1.807, 2.05) is 0 Å². The lowest BCUT2D eigenvalue weighted by molar-refractivity contribution is 0.102. The molecule has 9 nitrogen and oxygen atoms in total. The molecule has 0 bridgehead atoms. The number of aromatic amines is 1. The summed E-state index contributed by atoms with van der Waals surface area (Å²) >= 11 is 0. The van der Waals surface area contributed by atoms with Gasteiger partial charge in [-0.25, -0.2) is 8.42 Å². The summed E-state index contributed by atoms with van der Waals surface area (Å²) in [7, 11) is -3.58. The van der Waals surface area contributed by atoms with Gasteiger partial charge in [-0.1, -0.05) is 17.6 Å². The van der Waals surface area contributed by atoms with Gasteiger partial charge in [0.2, 0.25) is 10.0 Å². The second kappa shape index (κ2) is 6.42. The summed E-state index contributed by atoms with van der Waals surface area (Å²) in [6, 6.07) is 5.93. The van der Waals surface area contributed by atoms with Crippen molar-refractivity contribution in [3.8, 4) is 0 Å². The molecule has 0 aliphatic carbocycles. The van der Waals surface area contributed by atoms with Gasteiger partial charge in [0.05, 0.1) is 4.90 Å². The van der Waals surface area contributed by atoms with Crippen molar-refractivity contribution >= 4 is 21.9 Å². The minimum absolute atomic E-state index is 0.0271. The van der Waals surface area contributed by atoms with Gasteiger partial charge in [0.15, 0.2) is 0 Å². The van der Waals surface area contributed by atoms with Gasteiger partial charge in [-0.15, -0.1) is 5.10 Å². The van der Waals surface area contributed by atoms with Crippen LogP contribution in [0, 0.1) is 0 Å². The van der Waals surface area contributed by atoms with Crippen LogP contribution in [0.1, 0.15) is 29.6 Å². The SMILES string of the molecule is O=C(Nc1nn[nH]n1)c1cccc(S(=O)(=O)N2CCCCC2)c1. The van der Waals surface area contributed by atoms with Gasteiger partial charge < -0.3 is 0 Å². The fraction of sp³-hybridized carbons (Fsp3) is 0.385. The first kappa shape index (κ1) is 15.6. The quantitative estimate of drug-likeness (QED) is 0.844. The number of piperidine rings is 1. The fourth-order valence-corrected chi connectivity index (χ4v) is 4.00. The molecule has 10 heteroatoms. The van der Waals surface area contributed by atoms with Crippen molar-refractivity contribution in [2.75, 3.05) is 18.4 Å². The predicted molar refractivity (Wildman–Crippen MR) is 81.2 cm³/mol. The molecule has 1 aromatic carbocycles. The van der Waals surface area contributed by atoms with Gasteiger partial charge in [0.1, 0.15) is 0 Å². The Morgan fingerprint density at radius 3 is 2.70 bits per heavy atom. The van der Waals surface area contributed by atoms with Gasteiger partial charge in [-0.2, -0.15) is 9.52 Å². The molecule has 0 atom stereocenters. The maximum absolute atomic E-state index is 12.6. The minimum atomic E-state index is -3.58. The average Bonchev–Trinajstić information content (AvgIpc) is 3.09. The van der Waals surface area contributed by atoms with Crippen molar-refractivity contribution in [2.45, 2.75) is 24.2 Å². The third kappa shape index (κ3) is 3.37. The molecule has 2 heterocycles. The largest absolute Gasteiger partial charge is 0.288 e. The topological polar surface area (TPSA) is 121 Å². The molecule has 3 rings (SSSR count). The highest BCUT2D eigenvalue weighted by atomic mass is 32.2. The van der Waals surface area contributed by atoms with E-state index >= 15 is 0 Å². The molecule has 1 aliphatic heterocycles. The van der Waals surface area contributed by atoms with Crippen molar-refractivity contribution in [1.82, 2.24) is 24.9 Å². The Bertz CT molecular complexity index is 784. The van der Waals surface area contributed by atoms with Crippen LogP contribution in [0.3, 0.4) is 0 Å². The fourth-order valence-electron chi connectivity index (χ4n) is 2.44. The number of sulfonamides is 1. The van der Waals surface area contributed by atoms with E-state index in [2.05, 4.69) is 25.9 Å². The van der Waals surface area contributed by atoms with Crippen molar-refractivity contribution < 1.29 is 13.2 Å². The molecule has 0 radical (unpaired) electrons.